The van der Waals surface area contributed by atoms with E-state index in [1.54, 1.807) is 49.1 Å². The maximum Gasteiger partial charge on any atom is 0.351 e. The van der Waals surface area contributed by atoms with Gasteiger partial charge in [0.1, 0.15) is 0 Å². The summed E-state index contributed by atoms with van der Waals surface area (Å²) in [7, 11) is 0. The molecule has 0 saturated heterocycles. The van der Waals surface area contributed by atoms with Gasteiger partial charge in [-0.1, -0.05) is 0 Å². The van der Waals surface area contributed by atoms with Gasteiger partial charge in [0.25, 0.3) is 0 Å². The smallest absolute Gasteiger partial charge is 0.351 e. The number of nitrogens with zero attached hydrogens (tertiary/aromatic N) is 8. The molecule has 2 N–H and O–H groups in total. The molecule has 0 atom stereocenters. The summed E-state index contributed by atoms with van der Waals surface area (Å²) in [5.41, 5.74) is 0. The number of carbonyl (C=O) groups is 2. The largest absolute Gasteiger partial charge is 0.478 e. The fraction of sp³-hybridized carbons (Fsp3) is 0.125. The van der Waals surface area contributed by atoms with Crippen molar-refractivity contribution >= 4 is 11.9 Å². The van der Waals surface area contributed by atoms with Crippen molar-refractivity contribution in [1.82, 2.24) is 39.1 Å². The van der Waals surface area contributed by atoms with Gasteiger partial charge in [0.15, 0.2) is 0 Å². The fourth-order valence-corrected chi connectivity index (χ4v) is 2.40. The van der Waals surface area contributed by atoms with Crippen LogP contribution in [0, 0.1) is 0 Å². The molecule has 0 aliphatic rings. The maximum atomic E-state index is 11.0. The summed E-state index contributed by atoms with van der Waals surface area (Å²) < 4.78 is 5.31. The van der Waals surface area contributed by atoms with Crippen molar-refractivity contribution in [3.05, 3.63) is 73.8 Å². The first-order valence-corrected chi connectivity index (χ1v) is 8.00. The van der Waals surface area contributed by atoms with Crippen molar-refractivity contribution in [3.8, 4) is 0 Å². The van der Waals surface area contributed by atoms with Gasteiger partial charge in [-0.15, -0.1) is 0 Å². The number of carboxylic acids is 2. The van der Waals surface area contributed by atoms with Crippen LogP contribution in [0.3, 0.4) is 0 Å². The third-order valence-corrected chi connectivity index (χ3v) is 3.54. The predicted octanol–water partition coefficient (Wildman–Crippen LogP) is 0.420. The number of carboxylic acid groups (broad SMARTS) is 2. The van der Waals surface area contributed by atoms with E-state index in [-0.39, 0.29) is 17.1 Å². The van der Waals surface area contributed by atoms with E-state index in [9.17, 15) is 9.59 Å². The topological polar surface area (TPSA) is 146 Å². The molecule has 0 amide bonds. The Labute approximate surface area is 174 Å². The summed E-state index contributed by atoms with van der Waals surface area (Å²) in [6.45, 7) is 0. The molecule has 4 heterocycles. The quantitative estimate of drug-likeness (QED) is 0.411. The van der Waals surface area contributed by atoms with Crippen LogP contribution in [-0.4, -0.2) is 61.3 Å². The Hall–Kier alpha value is -3.70. The van der Waals surface area contributed by atoms with Crippen LogP contribution in [-0.2, 0) is 26.7 Å². The Morgan fingerprint density at radius 1 is 0.586 bits per heavy atom. The molecule has 4 aromatic rings. The van der Waals surface area contributed by atoms with Gasteiger partial charge in [0.05, 0.1) is 0 Å². The Bertz CT molecular complexity index is 833. The number of aliphatic carboxylic acids is 2. The molecule has 12 nitrogen and oxygen atoms in total. The summed E-state index contributed by atoms with van der Waals surface area (Å²) in [5, 5.41) is 33.5. The van der Waals surface area contributed by atoms with E-state index in [4.69, 9.17) is 10.2 Å². The minimum atomic E-state index is -1.00. The van der Waals surface area contributed by atoms with Crippen molar-refractivity contribution in [2.75, 3.05) is 0 Å². The van der Waals surface area contributed by atoms with Crippen LogP contribution in [0.15, 0.2) is 73.8 Å². The summed E-state index contributed by atoms with van der Waals surface area (Å²) >= 11 is 0. The van der Waals surface area contributed by atoms with Crippen molar-refractivity contribution < 1.29 is 36.9 Å². The minimum absolute atomic E-state index is 0. The van der Waals surface area contributed by atoms with Crippen molar-refractivity contribution in [3.63, 3.8) is 0 Å². The molecule has 0 aliphatic carbocycles. The molecule has 0 unspecified atom stereocenters. The standard InChI is InChI=1S/2C8H8N4O2.Fe/c2*13-8(14)7(11-5-1-3-9-11)12-6-2-4-10-12;/h2*1-7H,(H,13,14);. The van der Waals surface area contributed by atoms with E-state index in [1.165, 1.54) is 43.5 Å². The summed E-state index contributed by atoms with van der Waals surface area (Å²) in [6, 6.07) is 6.66. The summed E-state index contributed by atoms with van der Waals surface area (Å²) in [4.78, 5) is 21.9. The molecule has 29 heavy (non-hydrogen) atoms. The molecule has 152 valence electrons. The molecule has 0 spiro atoms. The van der Waals surface area contributed by atoms with E-state index >= 15 is 0 Å². The van der Waals surface area contributed by atoms with Gasteiger partial charge in [0, 0.05) is 66.6 Å². The van der Waals surface area contributed by atoms with Crippen molar-refractivity contribution in [2.45, 2.75) is 12.3 Å². The number of hydrogen-bond acceptors (Lipinski definition) is 6. The first-order valence-electron chi connectivity index (χ1n) is 8.00. The van der Waals surface area contributed by atoms with Gasteiger partial charge in [-0.3, -0.25) is 0 Å². The molecule has 13 heteroatoms. The van der Waals surface area contributed by atoms with E-state index in [0.29, 0.717) is 0 Å². The molecular formula is C16H16FeN8O4. The Morgan fingerprint density at radius 3 is 0.966 bits per heavy atom. The third-order valence-electron chi connectivity index (χ3n) is 3.54. The monoisotopic (exact) mass is 440 g/mol. The van der Waals surface area contributed by atoms with Crippen molar-refractivity contribution in [2.24, 2.45) is 0 Å². The molecular weight excluding hydrogens is 424 g/mol. The molecule has 4 aromatic heterocycles. The zero-order valence-corrected chi connectivity index (χ0v) is 15.8. The molecule has 0 aliphatic heterocycles. The van der Waals surface area contributed by atoms with Gasteiger partial charge in [-0.2, -0.15) is 20.4 Å². The molecule has 0 aromatic carbocycles. The fourth-order valence-electron chi connectivity index (χ4n) is 2.40. The molecule has 0 radical (unpaired) electrons. The van der Waals surface area contributed by atoms with Crippen LogP contribution < -0.4 is 0 Å². The number of aromatic nitrogens is 8. The van der Waals surface area contributed by atoms with Crippen LogP contribution in [0.5, 0.6) is 0 Å². The zero-order chi connectivity index (χ0) is 19.9. The first kappa shape index (κ1) is 21.6. The molecule has 0 fully saturated rings. The Morgan fingerprint density at radius 2 is 0.828 bits per heavy atom. The van der Waals surface area contributed by atoms with Gasteiger partial charge in [0.2, 0.25) is 12.3 Å². The average molecular weight is 440 g/mol. The average Bonchev–Trinajstić information content (AvgIpc) is 3.46. The van der Waals surface area contributed by atoms with Gasteiger partial charge < -0.3 is 10.2 Å². The van der Waals surface area contributed by atoms with Crippen LogP contribution >= 0.6 is 0 Å². The second-order valence-corrected chi connectivity index (χ2v) is 5.37. The van der Waals surface area contributed by atoms with Crippen molar-refractivity contribution in [1.29, 1.82) is 0 Å². The number of rotatable bonds is 6. The predicted molar refractivity (Wildman–Crippen MR) is 93.0 cm³/mol. The zero-order valence-electron chi connectivity index (χ0n) is 14.7. The minimum Gasteiger partial charge on any atom is -0.478 e. The van der Waals surface area contributed by atoms with E-state index < -0.39 is 24.3 Å². The van der Waals surface area contributed by atoms with Crippen LogP contribution in [0.1, 0.15) is 12.3 Å². The second-order valence-electron chi connectivity index (χ2n) is 5.37. The first-order chi connectivity index (χ1) is 13.6. The van der Waals surface area contributed by atoms with Gasteiger partial charge >= 0.3 is 11.9 Å². The van der Waals surface area contributed by atoms with E-state index in [2.05, 4.69) is 20.4 Å². The SMILES string of the molecule is O=C(O)C(n1cccn1)n1cccn1.O=C(O)C(n1cccn1)n1cccn1.[Fe]. The van der Waals surface area contributed by atoms with Crippen LogP contribution in [0.25, 0.3) is 0 Å². The second kappa shape index (κ2) is 10.0. The summed E-state index contributed by atoms with van der Waals surface area (Å²) in [6.07, 6.45) is 10.6. The third kappa shape index (κ3) is 5.18. The maximum absolute atomic E-state index is 11.0. The van der Waals surface area contributed by atoms with E-state index in [1.807, 2.05) is 0 Å². The Balaban J connectivity index is 0.000000200. The van der Waals surface area contributed by atoms with Gasteiger partial charge in [-0.25, -0.2) is 28.3 Å². The van der Waals surface area contributed by atoms with Crippen LogP contribution in [0.2, 0.25) is 0 Å². The number of hydrogen-bond donors (Lipinski definition) is 2. The van der Waals surface area contributed by atoms with Gasteiger partial charge in [-0.05, 0) is 24.3 Å². The molecule has 0 saturated carbocycles. The molecule has 0 bridgehead atoms. The Kier molecular flexibility index (Phi) is 7.46. The van der Waals surface area contributed by atoms with Crippen LogP contribution in [0.4, 0.5) is 0 Å². The normalized spacial score (nSPS) is 10.3. The molecule has 4 rings (SSSR count). The summed E-state index contributed by atoms with van der Waals surface area (Å²) in [5.74, 6) is -2.00. The van der Waals surface area contributed by atoms with E-state index in [0.717, 1.165) is 0 Å².